The van der Waals surface area contributed by atoms with Gasteiger partial charge in [0.15, 0.2) is 0 Å². The highest BCUT2D eigenvalue weighted by Crippen LogP contribution is 2.19. The van der Waals surface area contributed by atoms with Crippen LogP contribution in [0.5, 0.6) is 0 Å². The number of ketones is 1. The Labute approximate surface area is 101 Å². The predicted molar refractivity (Wildman–Crippen MR) is 70.0 cm³/mol. The van der Waals surface area contributed by atoms with E-state index < -0.39 is 0 Å². The Morgan fingerprint density at radius 1 is 1.47 bits per heavy atom. The van der Waals surface area contributed by atoms with Crippen LogP contribution in [0.2, 0.25) is 0 Å². The Balaban J connectivity index is 2.88. The van der Waals surface area contributed by atoms with E-state index in [-0.39, 0.29) is 5.78 Å². The highest BCUT2D eigenvalue weighted by molar-refractivity contribution is 5.80. The van der Waals surface area contributed by atoms with Gasteiger partial charge in [0.25, 0.3) is 0 Å². The fraction of sp³-hybridized carbons (Fsp3) is 0.308. The molecule has 1 aromatic rings. The number of hydrogen-bond donors (Lipinski definition) is 1. The molecule has 4 heteroatoms. The van der Waals surface area contributed by atoms with Crippen molar-refractivity contribution < 1.29 is 4.79 Å². The molecule has 0 bridgehead atoms. The van der Waals surface area contributed by atoms with Crippen LogP contribution in [0.15, 0.2) is 40.6 Å². The zero-order chi connectivity index (χ0) is 12.7. The molecule has 0 heterocycles. The van der Waals surface area contributed by atoms with Gasteiger partial charge in [-0.2, -0.15) is 10.2 Å². The van der Waals surface area contributed by atoms with Crippen molar-refractivity contribution in [2.75, 3.05) is 18.9 Å². The second kappa shape index (κ2) is 6.58. The third-order valence-electron chi connectivity index (χ3n) is 2.18. The van der Waals surface area contributed by atoms with E-state index in [1.54, 1.807) is 14.0 Å². The van der Waals surface area contributed by atoms with E-state index in [9.17, 15) is 4.79 Å². The van der Waals surface area contributed by atoms with E-state index in [0.717, 1.165) is 16.9 Å². The van der Waals surface area contributed by atoms with Crippen molar-refractivity contribution in [2.45, 2.75) is 13.8 Å². The molecule has 0 aliphatic rings. The van der Waals surface area contributed by atoms with Gasteiger partial charge in [0.1, 0.15) is 5.78 Å². The minimum absolute atomic E-state index is 0.106. The second-order valence-corrected chi connectivity index (χ2v) is 3.61. The molecule has 0 aromatic heterocycles. The fourth-order valence-electron chi connectivity index (χ4n) is 1.40. The lowest BCUT2D eigenvalue weighted by Gasteiger charge is -2.06. The van der Waals surface area contributed by atoms with Gasteiger partial charge >= 0.3 is 0 Å². The van der Waals surface area contributed by atoms with Gasteiger partial charge in [0.05, 0.1) is 12.2 Å². The lowest BCUT2D eigenvalue weighted by Crippen LogP contribution is -2.09. The van der Waals surface area contributed by atoms with E-state index in [1.807, 2.05) is 37.3 Å². The standard InChI is InChI=1S/C13H17N3O/c1-4-13(16-14-3)11-6-5-7-12(8-11)15-9-10(2)17/h4-8,15H,9H2,1-3H3/b13-4-,16-14?. The molecule has 0 saturated carbocycles. The van der Waals surface area contributed by atoms with Crippen LogP contribution in [0.3, 0.4) is 0 Å². The highest BCUT2D eigenvalue weighted by Gasteiger charge is 2.01. The molecule has 0 fully saturated rings. The topological polar surface area (TPSA) is 53.8 Å². The van der Waals surface area contributed by atoms with Crippen LogP contribution >= 0.6 is 0 Å². The Morgan fingerprint density at radius 2 is 2.24 bits per heavy atom. The number of azo groups is 1. The smallest absolute Gasteiger partial charge is 0.148 e. The van der Waals surface area contributed by atoms with E-state index in [0.29, 0.717) is 6.54 Å². The number of carbonyl (C=O) groups is 1. The van der Waals surface area contributed by atoms with E-state index in [2.05, 4.69) is 15.5 Å². The van der Waals surface area contributed by atoms with Crippen LogP contribution < -0.4 is 5.32 Å². The number of benzene rings is 1. The first kappa shape index (κ1) is 13.1. The van der Waals surface area contributed by atoms with Crippen molar-refractivity contribution in [2.24, 2.45) is 10.2 Å². The molecular weight excluding hydrogens is 214 g/mol. The minimum Gasteiger partial charge on any atom is -0.378 e. The number of nitrogens with zero attached hydrogens (tertiary/aromatic N) is 2. The van der Waals surface area contributed by atoms with Gasteiger partial charge in [0, 0.05) is 18.3 Å². The number of rotatable bonds is 5. The maximum atomic E-state index is 10.9. The molecule has 0 unspecified atom stereocenters. The van der Waals surface area contributed by atoms with Gasteiger partial charge in [0.2, 0.25) is 0 Å². The number of anilines is 1. The molecule has 0 aliphatic heterocycles. The molecule has 0 aliphatic carbocycles. The molecular formula is C13H17N3O. The molecule has 0 atom stereocenters. The van der Waals surface area contributed by atoms with E-state index >= 15 is 0 Å². The predicted octanol–water partition coefficient (Wildman–Crippen LogP) is 3.13. The second-order valence-electron chi connectivity index (χ2n) is 3.61. The minimum atomic E-state index is 0.106. The average Bonchev–Trinajstić information content (AvgIpc) is 2.34. The maximum absolute atomic E-state index is 10.9. The van der Waals surface area contributed by atoms with Gasteiger partial charge < -0.3 is 5.32 Å². The zero-order valence-electron chi connectivity index (χ0n) is 10.4. The molecule has 4 nitrogen and oxygen atoms in total. The summed E-state index contributed by atoms with van der Waals surface area (Å²) in [6.07, 6.45) is 1.90. The normalized spacial score (nSPS) is 11.8. The van der Waals surface area contributed by atoms with Crippen LogP contribution in [-0.4, -0.2) is 19.4 Å². The fourth-order valence-corrected chi connectivity index (χ4v) is 1.40. The van der Waals surface area contributed by atoms with Crippen LogP contribution in [0, 0.1) is 0 Å². The van der Waals surface area contributed by atoms with Gasteiger partial charge in [-0.25, -0.2) is 0 Å². The molecule has 0 amide bonds. The summed E-state index contributed by atoms with van der Waals surface area (Å²) in [5, 5.41) is 10.9. The summed E-state index contributed by atoms with van der Waals surface area (Å²) < 4.78 is 0. The molecule has 1 aromatic carbocycles. The molecule has 17 heavy (non-hydrogen) atoms. The lowest BCUT2D eigenvalue weighted by atomic mass is 10.1. The number of nitrogens with one attached hydrogen (secondary N) is 1. The molecule has 0 radical (unpaired) electrons. The first-order valence-electron chi connectivity index (χ1n) is 5.47. The van der Waals surface area contributed by atoms with Gasteiger partial charge in [-0.1, -0.05) is 18.2 Å². The molecule has 1 N–H and O–H groups in total. The first-order valence-corrected chi connectivity index (χ1v) is 5.47. The summed E-state index contributed by atoms with van der Waals surface area (Å²) in [5.41, 5.74) is 2.70. The maximum Gasteiger partial charge on any atom is 0.148 e. The molecule has 0 spiro atoms. The molecule has 90 valence electrons. The summed E-state index contributed by atoms with van der Waals surface area (Å²) in [7, 11) is 1.64. The van der Waals surface area contributed by atoms with Gasteiger partial charge in [-0.3, -0.25) is 4.79 Å². The highest BCUT2D eigenvalue weighted by atomic mass is 16.1. The molecule has 0 saturated heterocycles. The van der Waals surface area contributed by atoms with Crippen molar-refractivity contribution in [3.05, 3.63) is 35.9 Å². The summed E-state index contributed by atoms with van der Waals surface area (Å²) in [6.45, 7) is 3.81. The van der Waals surface area contributed by atoms with Crippen molar-refractivity contribution in [3.63, 3.8) is 0 Å². The van der Waals surface area contributed by atoms with Crippen molar-refractivity contribution in [1.82, 2.24) is 0 Å². The van der Waals surface area contributed by atoms with Crippen LogP contribution in [0.1, 0.15) is 19.4 Å². The Bertz CT molecular complexity index is 450. The third kappa shape index (κ3) is 4.18. The van der Waals surface area contributed by atoms with Crippen molar-refractivity contribution in [3.8, 4) is 0 Å². The van der Waals surface area contributed by atoms with Crippen LogP contribution in [-0.2, 0) is 4.79 Å². The average molecular weight is 231 g/mol. The third-order valence-corrected chi connectivity index (χ3v) is 2.18. The summed E-state index contributed by atoms with van der Waals surface area (Å²) in [6, 6.07) is 7.76. The van der Waals surface area contributed by atoms with E-state index in [1.165, 1.54) is 0 Å². The largest absolute Gasteiger partial charge is 0.378 e. The Hall–Kier alpha value is -1.97. The van der Waals surface area contributed by atoms with Crippen LogP contribution in [0.25, 0.3) is 5.70 Å². The van der Waals surface area contributed by atoms with Gasteiger partial charge in [-0.05, 0) is 26.0 Å². The number of hydrogen-bond acceptors (Lipinski definition) is 4. The quantitative estimate of drug-likeness (QED) is 0.791. The number of carbonyl (C=O) groups excluding carboxylic acids is 1. The van der Waals surface area contributed by atoms with Crippen molar-refractivity contribution >= 4 is 17.2 Å². The summed E-state index contributed by atoms with van der Waals surface area (Å²) in [4.78, 5) is 10.9. The summed E-state index contributed by atoms with van der Waals surface area (Å²) in [5.74, 6) is 0.106. The van der Waals surface area contributed by atoms with Gasteiger partial charge in [-0.15, -0.1) is 0 Å². The number of allylic oxidation sites excluding steroid dienone is 1. The van der Waals surface area contributed by atoms with Crippen molar-refractivity contribution in [1.29, 1.82) is 0 Å². The first-order chi connectivity index (χ1) is 8.17. The van der Waals surface area contributed by atoms with Crippen LogP contribution in [0.4, 0.5) is 5.69 Å². The SMILES string of the molecule is C/C=C(\N=NC)c1cccc(NCC(C)=O)c1. The lowest BCUT2D eigenvalue weighted by molar-refractivity contribution is -0.115. The Kier molecular flexibility index (Phi) is 5.07. The molecule has 1 rings (SSSR count). The zero-order valence-corrected chi connectivity index (χ0v) is 10.4. The monoisotopic (exact) mass is 231 g/mol. The Morgan fingerprint density at radius 3 is 2.82 bits per heavy atom. The summed E-state index contributed by atoms with van der Waals surface area (Å²) >= 11 is 0. The number of Topliss-reactive ketones (excluding diaryl/α,β-unsaturated/α-hetero) is 1. The van der Waals surface area contributed by atoms with E-state index in [4.69, 9.17) is 0 Å².